The van der Waals surface area contributed by atoms with Gasteiger partial charge in [0.2, 0.25) is 6.79 Å². The molecule has 1 heterocycles. The molecule has 0 bridgehead atoms. The van der Waals surface area contributed by atoms with E-state index in [0.29, 0.717) is 5.75 Å². The molecule has 0 atom stereocenters. The Morgan fingerprint density at radius 1 is 1.33 bits per heavy atom. The van der Waals surface area contributed by atoms with E-state index in [4.69, 9.17) is 14.6 Å². The molecule has 4 heteroatoms. The van der Waals surface area contributed by atoms with Gasteiger partial charge in [-0.15, -0.1) is 0 Å². The van der Waals surface area contributed by atoms with Crippen molar-refractivity contribution in [2.45, 2.75) is 6.61 Å². The van der Waals surface area contributed by atoms with Gasteiger partial charge < -0.3 is 14.6 Å². The number of ether oxygens (including phenoxy) is 2. The number of hydrogen-bond donors (Lipinski definition) is 1. The van der Waals surface area contributed by atoms with Crippen molar-refractivity contribution in [3.63, 3.8) is 0 Å². The second-order valence-electron chi connectivity index (χ2n) is 2.45. The maximum Gasteiger partial charge on any atom is 0.231 e. The van der Waals surface area contributed by atoms with E-state index in [1.165, 1.54) is 0 Å². The van der Waals surface area contributed by atoms with Gasteiger partial charge in [0, 0.05) is 4.47 Å². The summed E-state index contributed by atoms with van der Waals surface area (Å²) < 4.78 is 11.1. The van der Waals surface area contributed by atoms with Crippen LogP contribution in [0.15, 0.2) is 16.6 Å². The molecule has 2 rings (SSSR count). The largest absolute Gasteiger partial charge is 0.454 e. The fourth-order valence-electron chi connectivity index (χ4n) is 1.08. The van der Waals surface area contributed by atoms with Gasteiger partial charge >= 0.3 is 0 Å². The summed E-state index contributed by atoms with van der Waals surface area (Å²) in [5.74, 6) is 1.42. The smallest absolute Gasteiger partial charge is 0.231 e. The van der Waals surface area contributed by atoms with Gasteiger partial charge in [0.15, 0.2) is 11.5 Å². The van der Waals surface area contributed by atoms with Crippen LogP contribution in [0.4, 0.5) is 0 Å². The molecular weight excluding hydrogens is 224 g/mol. The van der Waals surface area contributed by atoms with Crippen LogP contribution in [-0.2, 0) is 6.61 Å². The Morgan fingerprint density at radius 3 is 2.67 bits per heavy atom. The first-order valence-corrected chi connectivity index (χ1v) is 4.29. The Hall–Kier alpha value is -0.740. The highest BCUT2D eigenvalue weighted by Gasteiger charge is 2.15. The molecule has 1 N–H and O–H groups in total. The minimum atomic E-state index is -0.00275. The quantitative estimate of drug-likeness (QED) is 0.798. The third-order valence-electron chi connectivity index (χ3n) is 1.71. The Balaban J connectivity index is 2.49. The summed E-state index contributed by atoms with van der Waals surface area (Å²) in [4.78, 5) is 0. The van der Waals surface area contributed by atoms with E-state index in [1.807, 2.05) is 0 Å². The average molecular weight is 231 g/mol. The molecule has 0 spiro atoms. The summed E-state index contributed by atoms with van der Waals surface area (Å²) in [6, 6.07) is 3.57. The van der Waals surface area contributed by atoms with Crippen LogP contribution in [-0.4, -0.2) is 11.9 Å². The Morgan fingerprint density at radius 2 is 2.00 bits per heavy atom. The van der Waals surface area contributed by atoms with Crippen LogP contribution < -0.4 is 9.47 Å². The van der Waals surface area contributed by atoms with Crippen LogP contribution in [0.2, 0.25) is 0 Å². The third-order valence-corrected chi connectivity index (χ3v) is 2.45. The van der Waals surface area contributed by atoms with Crippen molar-refractivity contribution in [2.75, 3.05) is 6.79 Å². The monoisotopic (exact) mass is 230 g/mol. The number of aliphatic hydroxyl groups excluding tert-OH is 1. The van der Waals surface area contributed by atoms with Crippen LogP contribution in [0.1, 0.15) is 5.56 Å². The lowest BCUT2D eigenvalue weighted by Crippen LogP contribution is -1.92. The predicted octanol–water partition coefficient (Wildman–Crippen LogP) is 1.67. The molecule has 0 saturated carbocycles. The number of benzene rings is 1. The van der Waals surface area contributed by atoms with Gasteiger partial charge in [-0.25, -0.2) is 0 Å². The van der Waals surface area contributed by atoms with Gasteiger partial charge in [-0.1, -0.05) is 15.9 Å². The van der Waals surface area contributed by atoms with E-state index in [0.717, 1.165) is 15.8 Å². The van der Waals surface area contributed by atoms with Gasteiger partial charge in [0.25, 0.3) is 0 Å². The van der Waals surface area contributed by atoms with Gasteiger partial charge in [0.1, 0.15) is 0 Å². The maximum atomic E-state index is 8.92. The molecule has 1 aromatic rings. The molecule has 0 radical (unpaired) electrons. The standard InChI is InChI=1S/C8H7BrO3/c9-6-2-8-7(11-4-12-8)1-5(6)3-10/h1-2,10H,3-4H2. The Kier molecular flexibility index (Phi) is 1.94. The highest BCUT2D eigenvalue weighted by Crippen LogP contribution is 2.36. The first kappa shape index (κ1) is 7.89. The molecule has 0 aromatic heterocycles. The molecule has 1 aliphatic heterocycles. The summed E-state index contributed by atoms with van der Waals surface area (Å²) >= 11 is 3.31. The molecular formula is C8H7BrO3. The fraction of sp³-hybridized carbons (Fsp3) is 0.250. The van der Waals surface area contributed by atoms with Crippen molar-refractivity contribution >= 4 is 15.9 Å². The minimum Gasteiger partial charge on any atom is -0.454 e. The van der Waals surface area contributed by atoms with E-state index >= 15 is 0 Å². The lowest BCUT2D eigenvalue weighted by molar-refractivity contribution is 0.174. The Labute approximate surface area is 78.0 Å². The van der Waals surface area contributed by atoms with Gasteiger partial charge in [-0.2, -0.15) is 0 Å². The SMILES string of the molecule is OCc1cc2c(cc1Br)OCO2. The molecule has 1 aromatic carbocycles. The van der Waals surface area contributed by atoms with Crippen molar-refractivity contribution in [3.05, 3.63) is 22.2 Å². The second kappa shape index (κ2) is 2.95. The van der Waals surface area contributed by atoms with Crippen LogP contribution in [0.25, 0.3) is 0 Å². The van der Waals surface area contributed by atoms with E-state index in [-0.39, 0.29) is 13.4 Å². The van der Waals surface area contributed by atoms with Crippen molar-refractivity contribution in [3.8, 4) is 11.5 Å². The minimum absolute atomic E-state index is 0.00275. The van der Waals surface area contributed by atoms with Crippen LogP contribution >= 0.6 is 15.9 Å². The number of aliphatic hydroxyl groups is 1. The second-order valence-corrected chi connectivity index (χ2v) is 3.31. The average Bonchev–Trinajstić information content (AvgIpc) is 2.49. The summed E-state index contributed by atoms with van der Waals surface area (Å²) in [6.45, 7) is 0.258. The van der Waals surface area contributed by atoms with Gasteiger partial charge in [-0.3, -0.25) is 0 Å². The summed E-state index contributed by atoms with van der Waals surface area (Å²) in [7, 11) is 0. The molecule has 0 unspecified atom stereocenters. The molecule has 64 valence electrons. The zero-order chi connectivity index (χ0) is 8.55. The zero-order valence-corrected chi connectivity index (χ0v) is 7.80. The van der Waals surface area contributed by atoms with E-state index in [1.54, 1.807) is 12.1 Å². The molecule has 12 heavy (non-hydrogen) atoms. The normalized spacial score (nSPS) is 13.5. The first-order valence-electron chi connectivity index (χ1n) is 3.50. The van der Waals surface area contributed by atoms with Crippen LogP contribution in [0.3, 0.4) is 0 Å². The Bertz CT molecular complexity index is 311. The number of halogens is 1. The van der Waals surface area contributed by atoms with Gasteiger partial charge in [0.05, 0.1) is 6.61 Å². The third kappa shape index (κ3) is 1.17. The topological polar surface area (TPSA) is 38.7 Å². The predicted molar refractivity (Wildman–Crippen MR) is 46.2 cm³/mol. The van der Waals surface area contributed by atoms with Crippen molar-refractivity contribution in [2.24, 2.45) is 0 Å². The van der Waals surface area contributed by atoms with Crippen molar-refractivity contribution in [1.82, 2.24) is 0 Å². The van der Waals surface area contributed by atoms with Crippen LogP contribution in [0.5, 0.6) is 11.5 Å². The summed E-state index contributed by atoms with van der Waals surface area (Å²) in [5.41, 5.74) is 0.805. The molecule has 1 aliphatic rings. The molecule has 0 fully saturated rings. The fourth-order valence-corrected chi connectivity index (χ4v) is 1.53. The van der Waals surface area contributed by atoms with Crippen molar-refractivity contribution in [1.29, 1.82) is 0 Å². The maximum absolute atomic E-state index is 8.92. The highest BCUT2D eigenvalue weighted by atomic mass is 79.9. The number of hydrogen-bond acceptors (Lipinski definition) is 3. The summed E-state index contributed by atoms with van der Waals surface area (Å²) in [6.07, 6.45) is 0. The molecule has 3 nitrogen and oxygen atoms in total. The lowest BCUT2D eigenvalue weighted by Gasteiger charge is -2.01. The van der Waals surface area contributed by atoms with Crippen LogP contribution in [0, 0.1) is 0 Å². The van der Waals surface area contributed by atoms with E-state index in [2.05, 4.69) is 15.9 Å². The highest BCUT2D eigenvalue weighted by molar-refractivity contribution is 9.10. The number of fused-ring (bicyclic) bond motifs is 1. The van der Waals surface area contributed by atoms with Crippen molar-refractivity contribution < 1.29 is 14.6 Å². The van der Waals surface area contributed by atoms with E-state index < -0.39 is 0 Å². The molecule has 0 saturated heterocycles. The number of rotatable bonds is 1. The molecule has 0 aliphatic carbocycles. The molecule has 0 amide bonds. The lowest BCUT2D eigenvalue weighted by atomic mass is 10.2. The van der Waals surface area contributed by atoms with Gasteiger partial charge in [-0.05, 0) is 17.7 Å². The summed E-state index contributed by atoms with van der Waals surface area (Å²) in [5, 5.41) is 8.92. The zero-order valence-electron chi connectivity index (χ0n) is 6.21. The first-order chi connectivity index (χ1) is 5.81. The van der Waals surface area contributed by atoms with E-state index in [9.17, 15) is 0 Å².